The van der Waals surface area contributed by atoms with Gasteiger partial charge in [0.25, 0.3) is 11.7 Å². The summed E-state index contributed by atoms with van der Waals surface area (Å²) in [6.07, 6.45) is 5.88. The molecule has 31 heavy (non-hydrogen) atoms. The highest BCUT2D eigenvalue weighted by Crippen LogP contribution is 2.40. The first-order valence-corrected chi connectivity index (χ1v) is 10.9. The molecule has 0 radical (unpaired) electrons. The number of benzene rings is 2. The van der Waals surface area contributed by atoms with Crippen LogP contribution in [0.15, 0.2) is 77.3 Å². The average Bonchev–Trinajstić information content (AvgIpc) is 3.36. The summed E-state index contributed by atoms with van der Waals surface area (Å²) in [5.41, 5.74) is 1.25. The molecule has 2 aromatic carbocycles. The van der Waals surface area contributed by atoms with E-state index in [0.717, 1.165) is 10.0 Å². The molecule has 2 heterocycles. The smallest absolute Gasteiger partial charge is 0.295 e. The molecule has 4 rings (SSSR count). The number of hydrogen-bond acceptors (Lipinski definition) is 4. The molecule has 1 atom stereocenters. The molecule has 0 aliphatic carbocycles. The van der Waals surface area contributed by atoms with Gasteiger partial charge < -0.3 is 14.6 Å². The van der Waals surface area contributed by atoms with E-state index in [1.165, 1.54) is 4.90 Å². The molecule has 0 bridgehead atoms. The Morgan fingerprint density at radius 3 is 2.58 bits per heavy atom. The molecule has 1 N–H and O–H groups in total. The van der Waals surface area contributed by atoms with E-state index in [2.05, 4.69) is 20.9 Å². The maximum Gasteiger partial charge on any atom is 0.295 e. The van der Waals surface area contributed by atoms with E-state index in [1.807, 2.05) is 35.0 Å². The number of hydrogen-bond donors (Lipinski definition) is 1. The molecule has 1 saturated heterocycles. The van der Waals surface area contributed by atoms with Crippen LogP contribution < -0.4 is 0 Å². The monoisotopic (exact) mass is 499 g/mol. The number of Topliss-reactive ketones (excluding diaryl/α,β-unsaturated/α-hetero) is 1. The molecule has 1 fully saturated rings. The molecule has 1 aromatic heterocycles. The molecule has 1 aliphatic rings. The summed E-state index contributed by atoms with van der Waals surface area (Å²) in [5.74, 6) is -1.52. The molecule has 3 aromatic rings. The van der Waals surface area contributed by atoms with Crippen LogP contribution in [-0.4, -0.2) is 37.8 Å². The van der Waals surface area contributed by atoms with Crippen LogP contribution in [-0.2, 0) is 16.1 Å². The van der Waals surface area contributed by atoms with Gasteiger partial charge in [-0.05, 0) is 48.4 Å². The lowest BCUT2D eigenvalue weighted by Gasteiger charge is -2.25. The second-order valence-corrected chi connectivity index (χ2v) is 8.56. The molecule has 0 saturated carbocycles. The Labute approximate surface area is 192 Å². The summed E-state index contributed by atoms with van der Waals surface area (Å²) in [6.45, 7) is 1.02. The number of aromatic nitrogens is 2. The number of halogens is 2. The van der Waals surface area contributed by atoms with Gasteiger partial charge >= 0.3 is 0 Å². The number of likely N-dealkylation sites (tertiary alicyclic amines) is 1. The van der Waals surface area contributed by atoms with Crippen LogP contribution in [0.3, 0.4) is 0 Å². The van der Waals surface area contributed by atoms with Crippen molar-refractivity contribution >= 4 is 45.0 Å². The predicted molar refractivity (Wildman–Crippen MR) is 121 cm³/mol. The number of aliphatic hydroxyl groups excluding tert-OH is 1. The highest BCUT2D eigenvalue weighted by atomic mass is 79.9. The topological polar surface area (TPSA) is 75.4 Å². The number of aryl methyl sites for hydroxylation is 1. The molecule has 158 valence electrons. The minimum absolute atomic E-state index is 0.0769. The fourth-order valence-electron chi connectivity index (χ4n) is 3.74. The Bertz CT molecular complexity index is 1140. The van der Waals surface area contributed by atoms with Crippen molar-refractivity contribution in [1.82, 2.24) is 14.5 Å². The Kier molecular flexibility index (Phi) is 6.25. The number of aliphatic hydroxyl groups is 1. The lowest BCUT2D eigenvalue weighted by atomic mass is 9.95. The van der Waals surface area contributed by atoms with E-state index in [4.69, 9.17) is 11.6 Å². The quantitative estimate of drug-likeness (QED) is 0.299. The third kappa shape index (κ3) is 4.43. The first-order valence-electron chi connectivity index (χ1n) is 9.71. The minimum atomic E-state index is -0.694. The van der Waals surface area contributed by atoms with Gasteiger partial charge in [0.05, 0.1) is 17.9 Å². The van der Waals surface area contributed by atoms with Crippen molar-refractivity contribution in [2.24, 2.45) is 0 Å². The Morgan fingerprint density at radius 2 is 1.90 bits per heavy atom. The number of imidazole rings is 1. The van der Waals surface area contributed by atoms with Gasteiger partial charge in [-0.2, -0.15) is 0 Å². The number of carbonyl (C=O) groups excluding carboxylic acids is 2. The van der Waals surface area contributed by atoms with Crippen LogP contribution in [0.5, 0.6) is 0 Å². The third-order valence-electron chi connectivity index (χ3n) is 5.20. The highest BCUT2D eigenvalue weighted by molar-refractivity contribution is 9.10. The zero-order chi connectivity index (χ0) is 22.0. The fourth-order valence-corrected chi connectivity index (χ4v) is 4.28. The number of carbonyl (C=O) groups is 2. The summed E-state index contributed by atoms with van der Waals surface area (Å²) >= 11 is 9.41. The number of rotatable bonds is 6. The fraction of sp³-hybridized carbons (Fsp3) is 0.174. The summed E-state index contributed by atoms with van der Waals surface area (Å²) < 4.78 is 2.73. The van der Waals surface area contributed by atoms with Crippen molar-refractivity contribution in [3.05, 3.63) is 93.4 Å². The summed E-state index contributed by atoms with van der Waals surface area (Å²) in [6, 6.07) is 13.2. The largest absolute Gasteiger partial charge is 0.507 e. The van der Waals surface area contributed by atoms with Crippen LogP contribution in [0, 0.1) is 0 Å². The van der Waals surface area contributed by atoms with E-state index < -0.39 is 17.7 Å². The van der Waals surface area contributed by atoms with E-state index in [9.17, 15) is 14.7 Å². The van der Waals surface area contributed by atoms with Crippen molar-refractivity contribution < 1.29 is 14.7 Å². The van der Waals surface area contributed by atoms with Crippen molar-refractivity contribution in [2.45, 2.75) is 19.0 Å². The first-order chi connectivity index (χ1) is 15.0. The van der Waals surface area contributed by atoms with Crippen molar-refractivity contribution in [2.75, 3.05) is 6.54 Å². The summed E-state index contributed by atoms with van der Waals surface area (Å²) in [5, 5.41) is 11.5. The van der Waals surface area contributed by atoms with Gasteiger partial charge in [-0.15, -0.1) is 0 Å². The Balaban J connectivity index is 1.73. The maximum atomic E-state index is 13.0. The highest BCUT2D eigenvalue weighted by Gasteiger charge is 2.45. The van der Waals surface area contributed by atoms with Gasteiger partial charge in [-0.25, -0.2) is 4.98 Å². The zero-order valence-corrected chi connectivity index (χ0v) is 18.8. The van der Waals surface area contributed by atoms with E-state index in [1.54, 1.807) is 36.8 Å². The number of amides is 1. The zero-order valence-electron chi connectivity index (χ0n) is 16.4. The van der Waals surface area contributed by atoms with Crippen LogP contribution in [0.4, 0.5) is 0 Å². The van der Waals surface area contributed by atoms with Crippen LogP contribution >= 0.6 is 27.5 Å². The molecule has 6 nitrogen and oxygen atoms in total. The molecule has 1 aliphatic heterocycles. The van der Waals surface area contributed by atoms with Gasteiger partial charge in [0.1, 0.15) is 5.76 Å². The molecule has 8 heteroatoms. The predicted octanol–water partition coefficient (Wildman–Crippen LogP) is 4.81. The van der Waals surface area contributed by atoms with Crippen molar-refractivity contribution in [3.63, 3.8) is 0 Å². The van der Waals surface area contributed by atoms with E-state index >= 15 is 0 Å². The summed E-state index contributed by atoms with van der Waals surface area (Å²) in [7, 11) is 0. The second kappa shape index (κ2) is 9.08. The Hall–Kier alpha value is -2.90. The molecular weight excluding hydrogens is 482 g/mol. The average molecular weight is 501 g/mol. The van der Waals surface area contributed by atoms with Crippen LogP contribution in [0.2, 0.25) is 5.02 Å². The molecule has 1 amide bonds. The molecule has 0 spiro atoms. The van der Waals surface area contributed by atoms with Gasteiger partial charge in [-0.1, -0.05) is 39.7 Å². The second-order valence-electron chi connectivity index (χ2n) is 7.21. The van der Waals surface area contributed by atoms with E-state index in [0.29, 0.717) is 30.1 Å². The molecular formula is C23H19BrClN3O3. The van der Waals surface area contributed by atoms with E-state index in [-0.39, 0.29) is 11.3 Å². The molecule has 1 unspecified atom stereocenters. The number of nitrogens with zero attached hydrogens (tertiary/aromatic N) is 3. The van der Waals surface area contributed by atoms with Crippen molar-refractivity contribution in [1.29, 1.82) is 0 Å². The lowest BCUT2D eigenvalue weighted by molar-refractivity contribution is -0.139. The lowest BCUT2D eigenvalue weighted by Crippen LogP contribution is -2.31. The third-order valence-corrected chi connectivity index (χ3v) is 5.94. The normalized spacial score (nSPS) is 18.0. The van der Waals surface area contributed by atoms with Gasteiger partial charge in [0.15, 0.2) is 0 Å². The van der Waals surface area contributed by atoms with Crippen LogP contribution in [0.25, 0.3) is 5.76 Å². The standard InChI is InChI=1S/C23H19BrClN3O3/c24-17-4-1-3-16(13-17)20-19(21(29)15-5-7-18(25)8-6-15)22(30)23(31)28(20)11-2-10-27-12-9-26-14-27/h1,3-9,12-14,20,29H,2,10-11H2/b21-19-. The summed E-state index contributed by atoms with van der Waals surface area (Å²) in [4.78, 5) is 31.5. The van der Waals surface area contributed by atoms with Gasteiger partial charge in [0, 0.05) is 40.5 Å². The number of ketones is 1. The Morgan fingerprint density at radius 1 is 1.13 bits per heavy atom. The first kappa shape index (κ1) is 21.3. The van der Waals surface area contributed by atoms with Gasteiger partial charge in [0.2, 0.25) is 0 Å². The maximum absolute atomic E-state index is 13.0. The van der Waals surface area contributed by atoms with Crippen LogP contribution in [0.1, 0.15) is 23.6 Å². The van der Waals surface area contributed by atoms with Crippen molar-refractivity contribution in [3.8, 4) is 0 Å². The minimum Gasteiger partial charge on any atom is -0.507 e. The van der Waals surface area contributed by atoms with Gasteiger partial charge in [-0.3, -0.25) is 9.59 Å². The SMILES string of the molecule is O=C1C(=O)N(CCCn2ccnc2)C(c2cccc(Br)c2)/C1=C(/O)c1ccc(Cl)cc1.